The molecule has 1 aliphatic carbocycles. The second kappa shape index (κ2) is 8.56. The maximum absolute atomic E-state index is 14.0. The number of benzene rings is 3. The van der Waals surface area contributed by atoms with Crippen LogP contribution in [0.4, 0.5) is 0 Å². The summed E-state index contributed by atoms with van der Waals surface area (Å²) < 4.78 is 29.7. The van der Waals surface area contributed by atoms with E-state index in [1.54, 1.807) is 16.4 Å². The van der Waals surface area contributed by atoms with Crippen molar-refractivity contribution < 1.29 is 8.42 Å². The molecular weight excluding hydrogens is 428 g/mol. The molecule has 0 saturated carbocycles. The fraction of sp³-hybridized carbons (Fsp3) is 0.214. The number of aryl methyl sites for hydroxylation is 1. The van der Waals surface area contributed by atoms with Gasteiger partial charge in [-0.2, -0.15) is 0 Å². The Labute approximate surface area is 195 Å². The molecule has 0 spiro atoms. The number of H-pyrrole nitrogens is 1. The minimum absolute atomic E-state index is 0.0186. The standard InChI is InChI=1S/C28H28N2O2S/c1-20-12-15-23(16-13-20)33(31,32)30(19-22-8-4-3-5-9-22)28-21(2)14-17-25(28)26-18-29-27-11-7-6-10-24(26)27/h3-13,15-16,18,25,29H,14,17,19H2,1-2H3/t25-/m1/s1. The van der Waals surface area contributed by atoms with E-state index < -0.39 is 10.0 Å². The smallest absolute Gasteiger partial charge is 0.264 e. The predicted molar refractivity (Wildman–Crippen MR) is 133 cm³/mol. The summed E-state index contributed by atoms with van der Waals surface area (Å²) in [6.45, 7) is 4.35. The average Bonchev–Trinajstić information content (AvgIpc) is 3.41. The molecule has 0 bridgehead atoms. The molecule has 33 heavy (non-hydrogen) atoms. The van der Waals surface area contributed by atoms with Crippen molar-refractivity contribution in [2.75, 3.05) is 0 Å². The molecule has 1 aliphatic rings. The molecule has 0 radical (unpaired) electrons. The van der Waals surface area contributed by atoms with Gasteiger partial charge < -0.3 is 4.98 Å². The normalized spacial score (nSPS) is 16.5. The number of nitrogens with one attached hydrogen (secondary N) is 1. The van der Waals surface area contributed by atoms with Crippen molar-refractivity contribution in [2.45, 2.75) is 44.0 Å². The lowest BCUT2D eigenvalue weighted by Crippen LogP contribution is -2.32. The zero-order valence-electron chi connectivity index (χ0n) is 19.0. The summed E-state index contributed by atoms with van der Waals surface area (Å²) in [7, 11) is -3.74. The van der Waals surface area contributed by atoms with Crippen LogP contribution in [0.5, 0.6) is 0 Å². The SMILES string of the molecule is CC1=C(N(Cc2ccccc2)S(=O)(=O)c2ccc(C)cc2)[C@@H](c2c[nH]c3ccccc23)CC1. The number of para-hydroxylation sites is 1. The number of sulfonamides is 1. The number of aromatic nitrogens is 1. The lowest BCUT2D eigenvalue weighted by atomic mass is 9.95. The monoisotopic (exact) mass is 456 g/mol. The summed E-state index contributed by atoms with van der Waals surface area (Å²) in [6, 6.07) is 25.2. The Morgan fingerprint density at radius 1 is 0.909 bits per heavy atom. The van der Waals surface area contributed by atoms with Gasteiger partial charge in [-0.15, -0.1) is 0 Å². The highest BCUT2D eigenvalue weighted by atomic mass is 32.2. The van der Waals surface area contributed by atoms with Gasteiger partial charge >= 0.3 is 0 Å². The number of rotatable bonds is 6. The first kappa shape index (κ1) is 21.5. The van der Waals surface area contributed by atoms with Gasteiger partial charge in [-0.3, -0.25) is 4.31 Å². The zero-order valence-corrected chi connectivity index (χ0v) is 19.8. The van der Waals surface area contributed by atoms with Crippen LogP contribution < -0.4 is 0 Å². The van der Waals surface area contributed by atoms with Crippen molar-refractivity contribution in [3.05, 3.63) is 113 Å². The quantitative estimate of drug-likeness (QED) is 0.359. The van der Waals surface area contributed by atoms with E-state index >= 15 is 0 Å². The summed E-state index contributed by atoms with van der Waals surface area (Å²) >= 11 is 0. The Morgan fingerprint density at radius 2 is 1.61 bits per heavy atom. The summed E-state index contributed by atoms with van der Waals surface area (Å²) in [4.78, 5) is 3.70. The van der Waals surface area contributed by atoms with Crippen molar-refractivity contribution in [1.29, 1.82) is 0 Å². The van der Waals surface area contributed by atoms with Crippen LogP contribution in [0, 0.1) is 6.92 Å². The summed E-state index contributed by atoms with van der Waals surface area (Å²) in [5.41, 5.74) is 6.29. The third-order valence-corrected chi connectivity index (χ3v) is 8.39. The molecular formula is C28H28N2O2S. The molecule has 5 rings (SSSR count). The largest absolute Gasteiger partial charge is 0.361 e. The van der Waals surface area contributed by atoms with Gasteiger partial charge in [0, 0.05) is 28.7 Å². The molecule has 5 heteroatoms. The van der Waals surface area contributed by atoms with Gasteiger partial charge in [0.05, 0.1) is 11.4 Å². The summed E-state index contributed by atoms with van der Waals surface area (Å²) in [6.07, 6.45) is 3.83. The molecule has 1 heterocycles. The third-order valence-electron chi connectivity index (χ3n) is 6.62. The lowest BCUT2D eigenvalue weighted by Gasteiger charge is -2.30. The van der Waals surface area contributed by atoms with Crippen LogP contribution >= 0.6 is 0 Å². The van der Waals surface area contributed by atoms with Crippen LogP contribution in [0.25, 0.3) is 10.9 Å². The van der Waals surface area contributed by atoms with E-state index in [0.29, 0.717) is 11.4 Å². The molecule has 1 N–H and O–H groups in total. The molecule has 0 amide bonds. The van der Waals surface area contributed by atoms with E-state index in [1.807, 2.05) is 67.7 Å². The van der Waals surface area contributed by atoms with Gasteiger partial charge in [-0.1, -0.05) is 71.8 Å². The Bertz CT molecular complexity index is 1420. The van der Waals surface area contributed by atoms with Crippen molar-refractivity contribution in [1.82, 2.24) is 9.29 Å². The fourth-order valence-electron chi connectivity index (χ4n) is 4.88. The summed E-state index contributed by atoms with van der Waals surface area (Å²) in [5.74, 6) is 0.0186. The van der Waals surface area contributed by atoms with Gasteiger partial charge in [0.25, 0.3) is 10.0 Å². The number of hydrogen-bond acceptors (Lipinski definition) is 2. The Kier molecular flexibility index (Phi) is 5.59. The average molecular weight is 457 g/mol. The molecule has 0 fully saturated rings. The first-order valence-corrected chi connectivity index (χ1v) is 12.8. The van der Waals surface area contributed by atoms with Crippen LogP contribution in [0.1, 0.15) is 42.4 Å². The molecule has 1 aromatic heterocycles. The van der Waals surface area contributed by atoms with E-state index in [2.05, 4.69) is 24.0 Å². The van der Waals surface area contributed by atoms with Crippen LogP contribution in [0.2, 0.25) is 0 Å². The minimum Gasteiger partial charge on any atom is -0.361 e. The third kappa shape index (κ3) is 3.98. The second-order valence-electron chi connectivity index (χ2n) is 8.86. The van der Waals surface area contributed by atoms with Gasteiger partial charge in [0.1, 0.15) is 0 Å². The number of aromatic amines is 1. The highest BCUT2D eigenvalue weighted by molar-refractivity contribution is 7.89. The van der Waals surface area contributed by atoms with Crippen molar-refractivity contribution in [3.8, 4) is 0 Å². The Balaban J connectivity index is 1.64. The van der Waals surface area contributed by atoms with Gasteiger partial charge in [-0.25, -0.2) is 8.42 Å². The Hall–Kier alpha value is -3.31. The highest BCUT2D eigenvalue weighted by Gasteiger charge is 2.36. The fourth-order valence-corrected chi connectivity index (χ4v) is 6.48. The lowest BCUT2D eigenvalue weighted by molar-refractivity contribution is 0.448. The molecule has 4 aromatic rings. The minimum atomic E-state index is -3.74. The van der Waals surface area contributed by atoms with Crippen molar-refractivity contribution in [3.63, 3.8) is 0 Å². The predicted octanol–water partition coefficient (Wildman–Crippen LogP) is 6.52. The van der Waals surface area contributed by atoms with E-state index in [1.165, 1.54) is 0 Å². The number of nitrogens with zero attached hydrogens (tertiary/aromatic N) is 1. The van der Waals surface area contributed by atoms with Crippen LogP contribution in [0.3, 0.4) is 0 Å². The molecule has 3 aromatic carbocycles. The van der Waals surface area contributed by atoms with Crippen LogP contribution in [-0.2, 0) is 16.6 Å². The van der Waals surface area contributed by atoms with Crippen molar-refractivity contribution in [2.24, 2.45) is 0 Å². The molecule has 0 aliphatic heterocycles. The van der Waals surface area contributed by atoms with Gasteiger partial charge in [-0.05, 0) is 56.0 Å². The number of hydrogen-bond donors (Lipinski definition) is 1. The molecule has 0 unspecified atom stereocenters. The van der Waals surface area contributed by atoms with Crippen LogP contribution in [0.15, 0.2) is 101 Å². The van der Waals surface area contributed by atoms with Gasteiger partial charge in [0.2, 0.25) is 0 Å². The Morgan fingerprint density at radius 3 is 2.36 bits per heavy atom. The van der Waals surface area contributed by atoms with E-state index in [-0.39, 0.29) is 5.92 Å². The molecule has 0 saturated heterocycles. The van der Waals surface area contributed by atoms with E-state index in [4.69, 9.17) is 0 Å². The molecule has 1 atom stereocenters. The molecule has 168 valence electrons. The number of fused-ring (bicyclic) bond motifs is 1. The topological polar surface area (TPSA) is 53.2 Å². The first-order chi connectivity index (χ1) is 15.9. The zero-order chi connectivity index (χ0) is 23.0. The summed E-state index contributed by atoms with van der Waals surface area (Å²) in [5, 5.41) is 1.15. The first-order valence-electron chi connectivity index (χ1n) is 11.3. The number of allylic oxidation sites excluding steroid dienone is 2. The maximum atomic E-state index is 14.0. The second-order valence-corrected chi connectivity index (χ2v) is 10.7. The van der Waals surface area contributed by atoms with Gasteiger partial charge in [0.15, 0.2) is 0 Å². The molecule has 4 nitrogen and oxygen atoms in total. The van der Waals surface area contributed by atoms with Crippen molar-refractivity contribution >= 4 is 20.9 Å². The van der Waals surface area contributed by atoms with E-state index in [9.17, 15) is 8.42 Å². The van der Waals surface area contributed by atoms with E-state index in [0.717, 1.165) is 51.7 Å². The van der Waals surface area contributed by atoms with Crippen LogP contribution in [-0.4, -0.2) is 17.7 Å². The highest BCUT2D eigenvalue weighted by Crippen LogP contribution is 2.45. The maximum Gasteiger partial charge on any atom is 0.264 e.